The van der Waals surface area contributed by atoms with Crippen LogP contribution in [0.15, 0.2) is 42.6 Å². The Morgan fingerprint density at radius 1 is 1.16 bits per heavy atom. The molecule has 2 unspecified atom stereocenters. The number of aliphatic hydroxyl groups excluding tert-OH is 1. The number of likely N-dealkylation sites (tertiary alicyclic amines) is 1. The number of anilines is 1. The molecule has 0 spiro atoms. The number of halogens is 2. The van der Waals surface area contributed by atoms with E-state index in [1.807, 2.05) is 24.3 Å². The largest absolute Gasteiger partial charge is 0.489 e. The fraction of sp³-hybridized carbons (Fsp3) is 0.273. The van der Waals surface area contributed by atoms with Crippen LogP contribution < -0.4 is 10.1 Å². The molecule has 9 heteroatoms. The molecule has 0 amide bonds. The molecule has 3 aromatic rings. The van der Waals surface area contributed by atoms with E-state index in [-0.39, 0.29) is 6.10 Å². The van der Waals surface area contributed by atoms with Gasteiger partial charge in [0.05, 0.1) is 11.9 Å². The van der Waals surface area contributed by atoms with E-state index in [2.05, 4.69) is 27.6 Å². The Labute approximate surface area is 177 Å². The molecule has 160 valence electrons. The maximum absolute atomic E-state index is 13.6. The van der Waals surface area contributed by atoms with Crippen LogP contribution in [0.4, 0.5) is 14.5 Å². The van der Waals surface area contributed by atoms with Crippen molar-refractivity contribution in [2.75, 3.05) is 25.5 Å². The second-order valence-electron chi connectivity index (χ2n) is 7.83. The van der Waals surface area contributed by atoms with E-state index >= 15 is 0 Å². The molecule has 2 aliphatic heterocycles. The summed E-state index contributed by atoms with van der Waals surface area (Å²) in [6, 6.07) is 9.63. The SMILES string of the molecule is CN1CCC(Oc2ccc(-n3cc(C4=Cc5cc(F)c(F)cc5NC4O)nn3)cc2)C1. The number of ether oxygens (including phenoxy) is 1. The normalized spacial score (nSPS) is 20.8. The molecule has 0 bridgehead atoms. The molecule has 2 aliphatic rings. The number of hydrogen-bond acceptors (Lipinski definition) is 6. The minimum absolute atomic E-state index is 0.197. The highest BCUT2D eigenvalue weighted by atomic mass is 19.2. The fourth-order valence-electron chi connectivity index (χ4n) is 3.88. The summed E-state index contributed by atoms with van der Waals surface area (Å²) in [4.78, 5) is 2.24. The third-order valence-electron chi connectivity index (χ3n) is 5.53. The Hall–Kier alpha value is -3.30. The Bertz CT molecular complexity index is 1150. The standard InChI is InChI=1S/C22H21F2N5O2/c1-28-7-6-16(11-28)31-15-4-2-14(3-5-15)29-12-21(26-27-29)17-8-13-9-18(23)19(24)10-20(13)25-22(17)30/h2-5,8-10,12,16,22,25,30H,6-7,11H2,1H3. The fourth-order valence-corrected chi connectivity index (χ4v) is 3.88. The lowest BCUT2D eigenvalue weighted by molar-refractivity contribution is 0.208. The van der Waals surface area contributed by atoms with Gasteiger partial charge in [0.1, 0.15) is 17.5 Å². The molecule has 0 radical (unpaired) electrons. The second-order valence-corrected chi connectivity index (χ2v) is 7.83. The molecule has 3 heterocycles. The van der Waals surface area contributed by atoms with Gasteiger partial charge in [-0.15, -0.1) is 5.10 Å². The van der Waals surface area contributed by atoms with Crippen LogP contribution in [0.25, 0.3) is 17.3 Å². The minimum Gasteiger partial charge on any atom is -0.489 e. The Balaban J connectivity index is 1.36. The number of nitrogens with zero attached hydrogens (tertiary/aromatic N) is 4. The van der Waals surface area contributed by atoms with Gasteiger partial charge < -0.3 is 20.1 Å². The van der Waals surface area contributed by atoms with Crippen LogP contribution >= 0.6 is 0 Å². The number of benzene rings is 2. The van der Waals surface area contributed by atoms with E-state index < -0.39 is 17.9 Å². The molecule has 1 fully saturated rings. The van der Waals surface area contributed by atoms with E-state index in [1.165, 1.54) is 0 Å². The Morgan fingerprint density at radius 2 is 1.94 bits per heavy atom. The van der Waals surface area contributed by atoms with Crippen LogP contribution in [-0.2, 0) is 0 Å². The Morgan fingerprint density at radius 3 is 2.68 bits per heavy atom. The van der Waals surface area contributed by atoms with Gasteiger partial charge in [-0.2, -0.15) is 0 Å². The van der Waals surface area contributed by atoms with Gasteiger partial charge in [0.2, 0.25) is 0 Å². The molecule has 31 heavy (non-hydrogen) atoms. The van der Waals surface area contributed by atoms with Crippen LogP contribution in [0.3, 0.4) is 0 Å². The van der Waals surface area contributed by atoms with E-state index in [4.69, 9.17) is 4.74 Å². The summed E-state index contributed by atoms with van der Waals surface area (Å²) in [6.45, 7) is 1.95. The van der Waals surface area contributed by atoms with Crippen molar-refractivity contribution in [3.8, 4) is 11.4 Å². The first-order valence-electron chi connectivity index (χ1n) is 10.00. The summed E-state index contributed by atoms with van der Waals surface area (Å²) in [5.74, 6) is -1.14. The van der Waals surface area contributed by atoms with Crippen molar-refractivity contribution in [1.29, 1.82) is 0 Å². The molecule has 5 rings (SSSR count). The molecule has 2 atom stereocenters. The van der Waals surface area contributed by atoms with Crippen LogP contribution in [0.2, 0.25) is 0 Å². The number of aliphatic hydroxyl groups is 1. The van der Waals surface area contributed by atoms with Crippen molar-refractivity contribution in [2.24, 2.45) is 0 Å². The lowest BCUT2D eigenvalue weighted by Gasteiger charge is -2.23. The zero-order valence-electron chi connectivity index (χ0n) is 16.8. The maximum atomic E-state index is 13.6. The summed E-state index contributed by atoms with van der Waals surface area (Å²) in [6.07, 6.45) is 3.33. The maximum Gasteiger partial charge on any atom is 0.160 e. The van der Waals surface area contributed by atoms with Crippen molar-refractivity contribution in [3.05, 3.63) is 65.5 Å². The number of fused-ring (bicyclic) bond motifs is 1. The summed E-state index contributed by atoms with van der Waals surface area (Å²) in [7, 11) is 2.08. The smallest absolute Gasteiger partial charge is 0.160 e. The van der Waals surface area contributed by atoms with Gasteiger partial charge in [-0.25, -0.2) is 13.5 Å². The summed E-state index contributed by atoms with van der Waals surface area (Å²) < 4.78 is 34.6. The van der Waals surface area contributed by atoms with Gasteiger partial charge in [0.15, 0.2) is 17.9 Å². The number of rotatable bonds is 4. The van der Waals surface area contributed by atoms with Crippen molar-refractivity contribution < 1.29 is 18.6 Å². The van der Waals surface area contributed by atoms with E-state index in [0.717, 1.165) is 43.1 Å². The third kappa shape index (κ3) is 3.89. The Kier molecular flexibility index (Phi) is 4.91. The van der Waals surface area contributed by atoms with Gasteiger partial charge in [-0.3, -0.25) is 0 Å². The highest BCUT2D eigenvalue weighted by molar-refractivity contribution is 5.90. The molecule has 1 aromatic heterocycles. The van der Waals surface area contributed by atoms with E-state index in [0.29, 0.717) is 22.5 Å². The molecule has 2 N–H and O–H groups in total. The number of hydrogen-bond donors (Lipinski definition) is 2. The van der Waals surface area contributed by atoms with Crippen LogP contribution in [-0.4, -0.2) is 57.5 Å². The zero-order valence-corrected chi connectivity index (χ0v) is 16.8. The number of nitrogens with one attached hydrogen (secondary N) is 1. The first kappa shape index (κ1) is 19.7. The first-order valence-corrected chi connectivity index (χ1v) is 10.00. The second kappa shape index (κ2) is 7.75. The highest BCUT2D eigenvalue weighted by Crippen LogP contribution is 2.32. The molecule has 1 saturated heterocycles. The topological polar surface area (TPSA) is 75.4 Å². The zero-order chi connectivity index (χ0) is 21.5. The van der Waals surface area contributed by atoms with E-state index in [9.17, 15) is 13.9 Å². The lowest BCUT2D eigenvalue weighted by Crippen LogP contribution is -2.24. The monoisotopic (exact) mass is 425 g/mol. The molecule has 0 aliphatic carbocycles. The van der Waals surface area contributed by atoms with Crippen molar-refractivity contribution in [2.45, 2.75) is 18.8 Å². The first-order chi connectivity index (χ1) is 15.0. The van der Waals surface area contributed by atoms with Crippen molar-refractivity contribution in [3.63, 3.8) is 0 Å². The van der Waals surface area contributed by atoms with Gasteiger partial charge in [0, 0.05) is 36.0 Å². The molecular formula is C22H21F2N5O2. The predicted molar refractivity (Wildman–Crippen MR) is 112 cm³/mol. The van der Waals surface area contributed by atoms with Crippen molar-refractivity contribution >= 4 is 17.3 Å². The highest BCUT2D eigenvalue weighted by Gasteiger charge is 2.24. The van der Waals surface area contributed by atoms with E-state index in [1.54, 1.807) is 17.0 Å². The molecule has 7 nitrogen and oxygen atoms in total. The summed E-state index contributed by atoms with van der Waals surface area (Å²) >= 11 is 0. The molecular weight excluding hydrogens is 404 g/mol. The predicted octanol–water partition coefficient (Wildman–Crippen LogP) is 2.91. The van der Waals surface area contributed by atoms with Gasteiger partial charge >= 0.3 is 0 Å². The number of aromatic nitrogens is 3. The average Bonchev–Trinajstić information content (AvgIpc) is 3.39. The van der Waals surface area contributed by atoms with Gasteiger partial charge in [-0.05, 0) is 49.9 Å². The van der Waals surface area contributed by atoms with Crippen LogP contribution in [0.5, 0.6) is 5.75 Å². The molecule has 2 aromatic carbocycles. The van der Waals surface area contributed by atoms with Crippen LogP contribution in [0, 0.1) is 11.6 Å². The van der Waals surface area contributed by atoms with Crippen LogP contribution in [0.1, 0.15) is 17.7 Å². The number of likely N-dealkylation sites (N-methyl/N-ethyl adjacent to an activating group) is 1. The summed E-state index contributed by atoms with van der Waals surface area (Å²) in [5.41, 5.74) is 2.35. The summed E-state index contributed by atoms with van der Waals surface area (Å²) in [5, 5.41) is 21.4. The quantitative estimate of drug-likeness (QED) is 0.670. The third-order valence-corrected chi connectivity index (χ3v) is 5.53. The lowest BCUT2D eigenvalue weighted by atomic mass is 10.0. The average molecular weight is 425 g/mol. The van der Waals surface area contributed by atoms with Crippen molar-refractivity contribution in [1.82, 2.24) is 19.9 Å². The van der Waals surface area contributed by atoms with Gasteiger partial charge in [-0.1, -0.05) is 5.21 Å². The van der Waals surface area contributed by atoms with Gasteiger partial charge in [0.25, 0.3) is 0 Å². The molecule has 0 saturated carbocycles. The minimum atomic E-state index is -1.12.